The van der Waals surface area contributed by atoms with E-state index in [1.807, 2.05) is 26.0 Å². The normalized spacial score (nSPS) is 15.9. The average Bonchev–Trinajstić information content (AvgIpc) is 3.16. The van der Waals surface area contributed by atoms with Crippen molar-refractivity contribution < 1.29 is 18.9 Å². The van der Waals surface area contributed by atoms with E-state index in [-0.39, 0.29) is 5.66 Å². The summed E-state index contributed by atoms with van der Waals surface area (Å²) in [5.41, 5.74) is 1.29. The number of hydrogen-bond donors (Lipinski definition) is 0. The van der Waals surface area contributed by atoms with E-state index >= 15 is 0 Å². The summed E-state index contributed by atoms with van der Waals surface area (Å²) in [7, 11) is 18.0. The molecule has 0 aromatic heterocycles. The van der Waals surface area contributed by atoms with Gasteiger partial charge in [-0.25, -0.2) is 0 Å². The highest BCUT2D eigenvalue weighted by molar-refractivity contribution is 7.76. The van der Waals surface area contributed by atoms with Crippen LogP contribution in [0.25, 0.3) is 0 Å². The van der Waals surface area contributed by atoms with Crippen molar-refractivity contribution in [3.63, 3.8) is 0 Å². The zero-order valence-electron chi connectivity index (χ0n) is 26.5. The quantitative estimate of drug-likeness (QED) is 0.320. The van der Waals surface area contributed by atoms with Gasteiger partial charge in [0.2, 0.25) is 0 Å². The van der Waals surface area contributed by atoms with Crippen LogP contribution in [0.4, 0.5) is 5.69 Å². The van der Waals surface area contributed by atoms with Gasteiger partial charge in [0.1, 0.15) is 23.0 Å². The van der Waals surface area contributed by atoms with E-state index in [2.05, 4.69) is 92.9 Å². The highest BCUT2D eigenvalue weighted by atomic mass is 31.1. The van der Waals surface area contributed by atoms with Gasteiger partial charge in [-0.3, -0.25) is 9.34 Å². The zero-order chi connectivity index (χ0) is 30.0. The highest BCUT2D eigenvalue weighted by Crippen LogP contribution is 2.51. The summed E-state index contributed by atoms with van der Waals surface area (Å²) in [5.74, 6) is 3.38. The maximum absolute atomic E-state index is 6.10. The van der Waals surface area contributed by atoms with Crippen LogP contribution in [-0.2, 0) is 9.47 Å². The van der Waals surface area contributed by atoms with E-state index in [0.29, 0.717) is 0 Å². The fourth-order valence-electron chi connectivity index (χ4n) is 4.80. The summed E-state index contributed by atoms with van der Waals surface area (Å²) in [4.78, 5) is 2.17. The predicted molar refractivity (Wildman–Crippen MR) is 175 cm³/mol. The Hall–Kier alpha value is -2.30. The van der Waals surface area contributed by atoms with Crippen molar-refractivity contribution in [2.75, 3.05) is 75.6 Å². The first kappa shape index (κ1) is 33.9. The topological polar surface area (TPSA) is 46.6 Å². The Morgan fingerprint density at radius 3 is 1.90 bits per heavy atom. The molecular weight excluding hydrogens is 540 g/mol. The molecule has 40 heavy (non-hydrogen) atoms. The van der Waals surface area contributed by atoms with Crippen molar-refractivity contribution in [3.8, 4) is 11.5 Å². The van der Waals surface area contributed by atoms with E-state index in [0.717, 1.165) is 35.9 Å². The Morgan fingerprint density at radius 1 is 0.725 bits per heavy atom. The van der Waals surface area contributed by atoms with E-state index in [1.54, 1.807) is 28.4 Å². The molecule has 0 aliphatic heterocycles. The second kappa shape index (κ2) is 16.2. The second-order valence-corrected chi connectivity index (χ2v) is 14.6. The molecule has 0 amide bonds. The smallest absolute Gasteiger partial charge is 0.130 e. The van der Waals surface area contributed by atoms with Gasteiger partial charge in [-0.05, 0) is 90.7 Å². The first-order valence-electron chi connectivity index (χ1n) is 13.6. The first-order valence-corrected chi connectivity index (χ1v) is 16.3. The Kier molecular flexibility index (Phi) is 13.7. The molecule has 0 radical (unpaired) electrons. The van der Waals surface area contributed by atoms with Crippen molar-refractivity contribution in [2.45, 2.75) is 32.3 Å². The van der Waals surface area contributed by atoms with Crippen LogP contribution in [0.1, 0.15) is 26.7 Å². The van der Waals surface area contributed by atoms with E-state index in [9.17, 15) is 0 Å². The Morgan fingerprint density at radius 2 is 1.38 bits per heavy atom. The van der Waals surface area contributed by atoms with Crippen molar-refractivity contribution in [1.29, 1.82) is 0 Å². The third-order valence-corrected chi connectivity index (χ3v) is 12.0. The molecule has 1 aliphatic carbocycles. The molecule has 9 heteroatoms. The number of nitrogens with zero attached hydrogens (tertiary/aromatic N) is 3. The van der Waals surface area contributed by atoms with Crippen LogP contribution in [0.5, 0.6) is 11.5 Å². The molecule has 2 aromatic carbocycles. The van der Waals surface area contributed by atoms with Crippen molar-refractivity contribution in [3.05, 3.63) is 60.1 Å². The standard InChI is InChI=1S/C29H43N3O4P2.C2H6/c1-30(2)21-14-16-28(38(31(3)4)32(5)6)29(18-21)37(27-17-15-23(34-8)20-25(27)36-10)26-13-11-12-22(33-7)19-24(26)35-9;1-2/h12,14-20,26H,11,13H2,1-10H3;1-2H3. The number of methoxy groups -OCH3 is 4. The largest absolute Gasteiger partial charge is 0.500 e. The maximum Gasteiger partial charge on any atom is 0.130 e. The molecule has 3 rings (SSSR count). The van der Waals surface area contributed by atoms with Crippen molar-refractivity contribution in [2.24, 2.45) is 0 Å². The van der Waals surface area contributed by atoms with Crippen LogP contribution < -0.4 is 30.3 Å². The monoisotopic (exact) mass is 589 g/mol. The van der Waals surface area contributed by atoms with Gasteiger partial charge in [-0.15, -0.1) is 0 Å². The summed E-state index contributed by atoms with van der Waals surface area (Å²) in [5, 5.41) is 3.84. The molecule has 222 valence electrons. The third-order valence-electron chi connectivity index (χ3n) is 6.54. The third kappa shape index (κ3) is 7.91. The number of benzene rings is 2. The van der Waals surface area contributed by atoms with Gasteiger partial charge in [0.15, 0.2) is 0 Å². The minimum absolute atomic E-state index is 0.124. The summed E-state index contributed by atoms with van der Waals surface area (Å²) < 4.78 is 28.0. The Balaban J connectivity index is 0.00000274. The summed E-state index contributed by atoms with van der Waals surface area (Å²) >= 11 is 0. The molecule has 0 saturated carbocycles. The van der Waals surface area contributed by atoms with E-state index in [4.69, 9.17) is 18.9 Å². The number of rotatable bonds is 11. The fraction of sp³-hybridized carbons (Fsp3) is 0.484. The van der Waals surface area contributed by atoms with Gasteiger partial charge in [0.25, 0.3) is 0 Å². The van der Waals surface area contributed by atoms with E-state index in [1.165, 1.54) is 21.6 Å². The first-order chi connectivity index (χ1) is 19.2. The van der Waals surface area contributed by atoms with Crippen LogP contribution in [-0.4, -0.2) is 85.7 Å². The van der Waals surface area contributed by atoms with Gasteiger partial charge in [-0.1, -0.05) is 13.8 Å². The second-order valence-electron chi connectivity index (χ2n) is 9.61. The molecule has 1 aliphatic rings. The predicted octanol–water partition coefficient (Wildman–Crippen LogP) is 5.51. The maximum atomic E-state index is 6.10. The molecule has 2 aromatic rings. The van der Waals surface area contributed by atoms with Crippen LogP contribution >= 0.6 is 16.1 Å². The van der Waals surface area contributed by atoms with Gasteiger partial charge in [0.05, 0.1) is 36.7 Å². The molecule has 0 N–H and O–H groups in total. The summed E-state index contributed by atoms with van der Waals surface area (Å²) in [6, 6.07) is 13.1. The summed E-state index contributed by atoms with van der Waals surface area (Å²) in [6.07, 6.45) is 6.04. The SMILES string of the molecule is CC.COC1=CCCC(P(c2ccc(OC)cc2OC)c2cc(N(C)C)ccc2P(N(C)C)N(C)C)C(OC)=C1. The molecule has 7 nitrogen and oxygen atoms in total. The van der Waals surface area contributed by atoms with Crippen LogP contribution in [0.15, 0.2) is 60.1 Å². The van der Waals surface area contributed by atoms with Crippen LogP contribution in [0, 0.1) is 0 Å². The summed E-state index contributed by atoms with van der Waals surface area (Å²) in [6.45, 7) is 4.00. The lowest BCUT2D eigenvalue weighted by molar-refractivity contribution is 0.269. The lowest BCUT2D eigenvalue weighted by atomic mass is 10.2. The fourth-order valence-corrected chi connectivity index (χ4v) is 10.4. The molecule has 2 atom stereocenters. The molecule has 0 spiro atoms. The number of anilines is 1. The Labute approximate surface area is 245 Å². The molecule has 0 fully saturated rings. The molecular formula is C31H49N3O4P2. The highest BCUT2D eigenvalue weighted by Gasteiger charge is 2.35. The minimum Gasteiger partial charge on any atom is -0.500 e. The van der Waals surface area contributed by atoms with Crippen molar-refractivity contribution >= 4 is 37.7 Å². The average molecular weight is 590 g/mol. The molecule has 0 saturated heterocycles. The van der Waals surface area contributed by atoms with E-state index < -0.39 is 16.1 Å². The lowest BCUT2D eigenvalue weighted by Gasteiger charge is -2.37. The number of hydrogen-bond acceptors (Lipinski definition) is 7. The number of allylic oxidation sites excluding steroid dienone is 3. The van der Waals surface area contributed by atoms with Gasteiger partial charge in [-0.2, -0.15) is 0 Å². The van der Waals surface area contributed by atoms with Crippen LogP contribution in [0.3, 0.4) is 0 Å². The van der Waals surface area contributed by atoms with Gasteiger partial charge >= 0.3 is 0 Å². The van der Waals surface area contributed by atoms with Crippen molar-refractivity contribution in [1.82, 2.24) is 9.34 Å². The number of ether oxygens (including phenoxy) is 4. The molecule has 0 heterocycles. The molecule has 0 bridgehead atoms. The van der Waals surface area contributed by atoms with Crippen LogP contribution in [0.2, 0.25) is 0 Å². The Bertz CT molecular complexity index is 1140. The van der Waals surface area contributed by atoms with Gasteiger partial charge < -0.3 is 23.8 Å². The lowest BCUT2D eigenvalue weighted by Crippen LogP contribution is -2.37. The molecule has 2 unspecified atom stereocenters. The minimum atomic E-state index is -0.970. The zero-order valence-corrected chi connectivity index (χ0v) is 28.3. The van der Waals surface area contributed by atoms with Gasteiger partial charge in [0, 0.05) is 48.2 Å².